The molecule has 0 saturated carbocycles. The van der Waals surface area contributed by atoms with E-state index in [4.69, 9.17) is 4.74 Å². The number of hydrogen-bond donors (Lipinski definition) is 0. The monoisotopic (exact) mass is 456 g/mol. The Hall–Kier alpha value is -2.15. The van der Waals surface area contributed by atoms with Gasteiger partial charge >= 0.3 is 26.8 Å². The summed E-state index contributed by atoms with van der Waals surface area (Å²) in [6, 6.07) is 3.45. The molecule has 0 aliphatic carbocycles. The van der Waals surface area contributed by atoms with Gasteiger partial charge in [-0.3, -0.25) is 0 Å². The molecular formula is C16H22F2N2O7S2. The smallest absolute Gasteiger partial charge is 0.444 e. The Morgan fingerprint density at radius 3 is 2.10 bits per heavy atom. The van der Waals surface area contributed by atoms with Crippen LogP contribution >= 0.6 is 0 Å². The van der Waals surface area contributed by atoms with E-state index in [2.05, 4.69) is 4.18 Å². The van der Waals surface area contributed by atoms with Crippen molar-refractivity contribution in [2.24, 2.45) is 0 Å². The molecule has 1 aromatic carbocycles. The molecule has 9 nitrogen and oxygen atoms in total. The zero-order chi connectivity index (χ0) is 22.0. The van der Waals surface area contributed by atoms with Crippen LogP contribution in [0.3, 0.4) is 0 Å². The van der Waals surface area contributed by atoms with Gasteiger partial charge < -0.3 is 18.7 Å². The SMILES string of the molecule is CC(C)(C)OC(=O)N1CCN(c2cc(CS(=O)(=O)F)cc(OS(=O)(=O)F)c2)CC1. The molecule has 164 valence electrons. The Morgan fingerprint density at radius 1 is 1.03 bits per heavy atom. The van der Waals surface area contributed by atoms with Crippen LogP contribution in [0.15, 0.2) is 18.2 Å². The summed E-state index contributed by atoms with van der Waals surface area (Å²) in [5.41, 5.74) is -0.461. The molecule has 0 radical (unpaired) electrons. The normalized spacial score (nSPS) is 15.9. The Morgan fingerprint density at radius 2 is 1.62 bits per heavy atom. The number of piperazine rings is 1. The zero-order valence-electron chi connectivity index (χ0n) is 16.1. The zero-order valence-corrected chi connectivity index (χ0v) is 17.7. The molecule has 0 unspecified atom stereocenters. The third-order valence-corrected chi connectivity index (χ3v) is 4.85. The third-order valence-electron chi connectivity index (χ3n) is 3.78. The highest BCUT2D eigenvalue weighted by Gasteiger charge is 2.26. The maximum Gasteiger partial charge on any atom is 0.488 e. The number of ether oxygens (including phenoxy) is 1. The van der Waals surface area contributed by atoms with Gasteiger partial charge in [0, 0.05) is 37.9 Å². The van der Waals surface area contributed by atoms with Crippen molar-refractivity contribution in [3.8, 4) is 5.75 Å². The van der Waals surface area contributed by atoms with E-state index in [0.717, 1.165) is 6.07 Å². The molecule has 2 rings (SSSR count). The minimum Gasteiger partial charge on any atom is -0.444 e. The molecular weight excluding hydrogens is 434 g/mol. The average Bonchev–Trinajstić information content (AvgIpc) is 2.49. The summed E-state index contributed by atoms with van der Waals surface area (Å²) in [6.45, 7) is 6.38. The van der Waals surface area contributed by atoms with Gasteiger partial charge in [-0.05, 0) is 38.5 Å². The van der Waals surface area contributed by atoms with Gasteiger partial charge in [0.1, 0.15) is 17.1 Å². The fourth-order valence-electron chi connectivity index (χ4n) is 2.75. The topological polar surface area (TPSA) is 110 Å². The fourth-order valence-corrected chi connectivity index (χ4v) is 3.64. The van der Waals surface area contributed by atoms with Crippen molar-refractivity contribution in [1.29, 1.82) is 0 Å². The number of anilines is 1. The summed E-state index contributed by atoms with van der Waals surface area (Å²) in [7, 11) is -10.3. The highest BCUT2D eigenvalue weighted by Crippen LogP contribution is 2.28. The number of hydrogen-bond acceptors (Lipinski definition) is 8. The number of nitrogens with zero attached hydrogens (tertiary/aromatic N) is 2. The van der Waals surface area contributed by atoms with Gasteiger partial charge in [0.05, 0.1) is 0 Å². The molecule has 0 bridgehead atoms. The average molecular weight is 456 g/mol. The first-order valence-electron chi connectivity index (χ1n) is 8.54. The van der Waals surface area contributed by atoms with Crippen molar-refractivity contribution < 1.29 is 38.3 Å². The quantitative estimate of drug-likeness (QED) is 0.620. The summed E-state index contributed by atoms with van der Waals surface area (Å²) in [5, 5.41) is 0. The van der Waals surface area contributed by atoms with E-state index in [1.807, 2.05) is 0 Å². The molecule has 1 amide bonds. The summed E-state index contributed by atoms with van der Waals surface area (Å²) in [4.78, 5) is 15.3. The number of benzene rings is 1. The van der Waals surface area contributed by atoms with Crippen molar-refractivity contribution in [2.75, 3.05) is 31.1 Å². The summed E-state index contributed by atoms with van der Waals surface area (Å²) >= 11 is 0. The number of carbonyl (C=O) groups is 1. The van der Waals surface area contributed by atoms with E-state index < -0.39 is 43.9 Å². The van der Waals surface area contributed by atoms with Gasteiger partial charge in [-0.15, -0.1) is 3.89 Å². The lowest BCUT2D eigenvalue weighted by molar-refractivity contribution is 0.0240. The van der Waals surface area contributed by atoms with Gasteiger partial charge in [-0.25, -0.2) is 4.79 Å². The predicted molar refractivity (Wildman–Crippen MR) is 101 cm³/mol. The van der Waals surface area contributed by atoms with Crippen molar-refractivity contribution >= 4 is 32.5 Å². The minimum absolute atomic E-state index is 0.113. The standard InChI is InChI=1S/C16H22F2N2O7S2/c1-16(2,3)26-15(21)20-6-4-19(5-7-20)13-8-12(11-28(17,22)23)9-14(10-13)27-29(18,24)25/h8-10H,4-7,11H2,1-3H3. The van der Waals surface area contributed by atoms with Crippen LogP contribution in [0, 0.1) is 0 Å². The fraction of sp³-hybridized carbons (Fsp3) is 0.562. The van der Waals surface area contributed by atoms with Crippen LogP contribution in [-0.4, -0.2) is 59.6 Å². The largest absolute Gasteiger partial charge is 0.488 e. The molecule has 1 heterocycles. The lowest BCUT2D eigenvalue weighted by Gasteiger charge is -2.37. The lowest BCUT2D eigenvalue weighted by Crippen LogP contribution is -2.50. The second kappa shape index (κ2) is 8.30. The number of carbonyl (C=O) groups excluding carboxylic acids is 1. The van der Waals surface area contributed by atoms with Gasteiger partial charge in [-0.1, -0.05) is 3.89 Å². The molecule has 0 spiro atoms. The van der Waals surface area contributed by atoms with E-state index >= 15 is 0 Å². The lowest BCUT2D eigenvalue weighted by atomic mass is 10.1. The van der Waals surface area contributed by atoms with E-state index in [1.165, 1.54) is 17.0 Å². The highest BCUT2D eigenvalue weighted by atomic mass is 32.3. The minimum atomic E-state index is -5.35. The van der Waals surface area contributed by atoms with Crippen LogP contribution in [0.2, 0.25) is 0 Å². The van der Waals surface area contributed by atoms with E-state index in [9.17, 15) is 29.4 Å². The van der Waals surface area contributed by atoms with Gasteiger partial charge in [0.15, 0.2) is 0 Å². The molecule has 0 atom stereocenters. The Balaban J connectivity index is 2.20. The molecule has 29 heavy (non-hydrogen) atoms. The predicted octanol–water partition coefficient (Wildman–Crippen LogP) is 2.14. The van der Waals surface area contributed by atoms with Gasteiger partial charge in [0.25, 0.3) is 0 Å². The molecule has 1 aliphatic rings. The van der Waals surface area contributed by atoms with E-state index in [1.54, 1.807) is 25.7 Å². The van der Waals surface area contributed by atoms with E-state index in [-0.39, 0.29) is 18.7 Å². The summed E-state index contributed by atoms with van der Waals surface area (Å²) in [5.74, 6) is -1.51. The van der Waals surface area contributed by atoms with Crippen molar-refractivity contribution in [3.63, 3.8) is 0 Å². The van der Waals surface area contributed by atoms with Crippen LogP contribution in [0.25, 0.3) is 0 Å². The summed E-state index contributed by atoms with van der Waals surface area (Å²) < 4.78 is 78.8. The Bertz CT molecular complexity index is 915. The van der Waals surface area contributed by atoms with Crippen molar-refractivity contribution in [1.82, 2.24) is 4.90 Å². The van der Waals surface area contributed by atoms with Crippen LogP contribution in [0.4, 0.5) is 18.3 Å². The molecule has 1 saturated heterocycles. The maximum atomic E-state index is 13.1. The van der Waals surface area contributed by atoms with E-state index in [0.29, 0.717) is 18.8 Å². The van der Waals surface area contributed by atoms with Crippen LogP contribution in [-0.2, 0) is 31.2 Å². The molecule has 1 aliphatic heterocycles. The first kappa shape index (κ1) is 23.1. The molecule has 0 N–H and O–H groups in total. The van der Waals surface area contributed by atoms with Crippen LogP contribution < -0.4 is 9.08 Å². The van der Waals surface area contributed by atoms with Crippen molar-refractivity contribution in [3.05, 3.63) is 23.8 Å². The van der Waals surface area contributed by atoms with Gasteiger partial charge in [0.2, 0.25) is 0 Å². The van der Waals surface area contributed by atoms with Gasteiger partial charge in [-0.2, -0.15) is 16.8 Å². The number of rotatable bonds is 5. The summed E-state index contributed by atoms with van der Waals surface area (Å²) in [6.07, 6.45) is -0.484. The number of amides is 1. The maximum absolute atomic E-state index is 13.1. The molecule has 0 aromatic heterocycles. The van der Waals surface area contributed by atoms with Crippen LogP contribution in [0.5, 0.6) is 5.75 Å². The molecule has 13 heteroatoms. The second-order valence-electron chi connectivity index (χ2n) is 7.45. The third kappa shape index (κ3) is 8.01. The Labute approximate surface area is 168 Å². The molecule has 1 aromatic rings. The second-order valence-corrected chi connectivity index (χ2v) is 9.77. The first-order chi connectivity index (χ1) is 13.1. The highest BCUT2D eigenvalue weighted by molar-refractivity contribution is 7.85. The van der Waals surface area contributed by atoms with Crippen molar-refractivity contribution in [2.45, 2.75) is 32.1 Å². The Kier molecular flexibility index (Phi) is 6.62. The molecule has 1 fully saturated rings. The number of halogens is 2. The van der Waals surface area contributed by atoms with Crippen LogP contribution in [0.1, 0.15) is 26.3 Å². The first-order valence-corrected chi connectivity index (χ1v) is 11.4.